The van der Waals surface area contributed by atoms with E-state index in [1.807, 2.05) is 29.6 Å². The Kier molecular flexibility index (Phi) is 7.33. The number of aliphatic hydroxyl groups is 1. The number of ether oxygens (including phenoxy) is 1. The lowest BCUT2D eigenvalue weighted by molar-refractivity contribution is 0.0359. The van der Waals surface area contributed by atoms with E-state index in [0.717, 1.165) is 17.5 Å². The zero-order chi connectivity index (χ0) is 26.2. The number of nitrogens with one attached hydrogen (secondary N) is 1. The zero-order valence-corrected chi connectivity index (χ0v) is 21.9. The number of benzene rings is 1. The number of nitrogens with two attached hydrogens (primary N) is 1. The van der Waals surface area contributed by atoms with Crippen LogP contribution in [-0.4, -0.2) is 54.6 Å². The fourth-order valence-corrected chi connectivity index (χ4v) is 6.51. The molecular weight excluding hydrogens is 540 g/mol. The molecule has 196 valence electrons. The molecule has 0 radical (unpaired) electrons. The van der Waals surface area contributed by atoms with E-state index in [2.05, 4.69) is 19.5 Å². The van der Waals surface area contributed by atoms with Crippen LogP contribution < -0.4 is 10.5 Å². The Balaban J connectivity index is 1.34. The van der Waals surface area contributed by atoms with Crippen molar-refractivity contribution in [3.63, 3.8) is 0 Å². The van der Waals surface area contributed by atoms with Crippen molar-refractivity contribution in [2.24, 2.45) is 11.1 Å². The van der Waals surface area contributed by atoms with Crippen molar-refractivity contribution in [1.29, 1.82) is 0 Å². The molecule has 0 amide bonds. The molecule has 2 aliphatic rings. The Hall–Kier alpha value is -2.45. The molecule has 0 saturated heterocycles. The lowest BCUT2D eigenvalue weighted by Crippen LogP contribution is -2.31. The van der Waals surface area contributed by atoms with Crippen molar-refractivity contribution < 1.29 is 27.2 Å². The van der Waals surface area contributed by atoms with Crippen molar-refractivity contribution in [2.45, 2.75) is 36.5 Å². The first kappa shape index (κ1) is 26.2. The predicted octanol–water partition coefficient (Wildman–Crippen LogP) is 2.55. The highest BCUT2D eigenvalue weighted by Crippen LogP contribution is 2.44. The van der Waals surface area contributed by atoms with Gasteiger partial charge >= 0.3 is 10.3 Å². The molecule has 1 aliphatic carbocycles. The monoisotopic (exact) mass is 564 g/mol. The summed E-state index contributed by atoms with van der Waals surface area (Å²) in [5.74, 6) is -0.397. The molecule has 4 N–H and O–H groups in total. The van der Waals surface area contributed by atoms with Crippen molar-refractivity contribution in [3.8, 4) is 0 Å². The summed E-state index contributed by atoms with van der Waals surface area (Å²) in [5.41, 5.74) is 2.92. The first-order valence-electron chi connectivity index (χ1n) is 11.6. The van der Waals surface area contributed by atoms with Crippen molar-refractivity contribution >= 4 is 44.8 Å². The van der Waals surface area contributed by atoms with Gasteiger partial charge in [0.1, 0.15) is 12.1 Å². The fourth-order valence-electron chi connectivity index (χ4n) is 4.81. The maximum absolute atomic E-state index is 13.5. The minimum Gasteiger partial charge on any atom is -0.393 e. The van der Waals surface area contributed by atoms with Gasteiger partial charge in [0.2, 0.25) is 5.78 Å². The minimum absolute atomic E-state index is 0.225. The van der Waals surface area contributed by atoms with E-state index < -0.39 is 27.4 Å². The third kappa shape index (κ3) is 5.55. The highest BCUT2D eigenvalue weighted by Gasteiger charge is 2.39. The average molecular weight is 565 g/mol. The number of anilines is 1. The number of rotatable bonds is 8. The van der Waals surface area contributed by atoms with Crippen LogP contribution in [0.15, 0.2) is 48.2 Å². The maximum atomic E-state index is 13.5. The molecule has 1 saturated carbocycles. The van der Waals surface area contributed by atoms with Gasteiger partial charge in [0.05, 0.1) is 29.8 Å². The molecule has 0 spiro atoms. The number of hydrogen-bond acceptors (Lipinski definition) is 10. The number of carbonyl (C=O) groups is 1. The minimum atomic E-state index is -4.10. The Labute approximate surface area is 223 Å². The summed E-state index contributed by atoms with van der Waals surface area (Å²) in [6, 6.07) is 9.31. The lowest BCUT2D eigenvalue weighted by atomic mass is 9.93. The van der Waals surface area contributed by atoms with E-state index in [4.69, 9.17) is 21.5 Å². The van der Waals surface area contributed by atoms with Gasteiger partial charge in [-0.05, 0) is 36.3 Å². The SMILES string of the molecule is NS(=O)(=O)OC[C@H]1C[C@@H](Nc2ncncc2C(=O)c2cc([C@]3(Cl)OCCc4ccccc43)cs2)C[C@@H]1O. The van der Waals surface area contributed by atoms with Gasteiger partial charge < -0.3 is 15.2 Å². The standard InChI is InChI=1S/C24H25ClN4O6S2/c25-24(19-4-2-1-3-14(19)5-6-34-24)16-8-21(36-12-16)22(31)18-10-27-13-28-23(18)29-17-7-15(20(30)9-17)11-35-37(26,32)33/h1-4,8,10,12-13,15,17,20,30H,5-7,9,11H2,(H2,26,32,33)(H,27,28,29)/t15-,17-,20+,24+/m1/s1. The molecule has 10 nitrogen and oxygen atoms in total. The second-order valence-corrected chi connectivity index (χ2v) is 11.7. The van der Waals surface area contributed by atoms with Gasteiger partial charge in [-0.1, -0.05) is 35.9 Å². The van der Waals surface area contributed by atoms with Gasteiger partial charge in [-0.25, -0.2) is 15.1 Å². The molecule has 4 atom stereocenters. The predicted molar refractivity (Wildman–Crippen MR) is 138 cm³/mol. The number of thiophene rings is 1. The van der Waals surface area contributed by atoms with Crippen molar-refractivity contribution in [2.75, 3.05) is 18.5 Å². The van der Waals surface area contributed by atoms with Crippen molar-refractivity contribution in [1.82, 2.24) is 9.97 Å². The number of aliphatic hydroxyl groups excluding tert-OH is 1. The molecule has 1 fully saturated rings. The van der Waals surface area contributed by atoms with Crippen LogP contribution in [0, 0.1) is 5.92 Å². The Morgan fingerprint density at radius 3 is 2.97 bits per heavy atom. The van der Waals surface area contributed by atoms with E-state index in [0.29, 0.717) is 35.7 Å². The molecule has 0 unspecified atom stereocenters. The highest BCUT2D eigenvalue weighted by molar-refractivity contribution is 7.84. The smallest absolute Gasteiger partial charge is 0.333 e. The molecule has 2 aromatic heterocycles. The van der Waals surface area contributed by atoms with Crippen LogP contribution in [0.1, 0.15) is 44.8 Å². The van der Waals surface area contributed by atoms with E-state index in [9.17, 15) is 18.3 Å². The molecule has 1 aliphatic heterocycles. The van der Waals surface area contributed by atoms with Crippen molar-refractivity contribution in [3.05, 3.63) is 75.4 Å². The van der Waals surface area contributed by atoms with E-state index in [1.165, 1.54) is 23.9 Å². The molecular formula is C24H25ClN4O6S2. The maximum Gasteiger partial charge on any atom is 0.333 e. The Morgan fingerprint density at radius 1 is 1.35 bits per heavy atom. The first-order chi connectivity index (χ1) is 17.6. The van der Waals surface area contributed by atoms with Crippen LogP contribution in [0.3, 0.4) is 0 Å². The molecule has 3 heterocycles. The Morgan fingerprint density at radius 2 is 2.16 bits per heavy atom. The normalized spacial score (nSPS) is 25.5. The summed E-state index contributed by atoms with van der Waals surface area (Å²) in [4.78, 5) is 22.2. The van der Waals surface area contributed by atoms with Gasteiger partial charge in [-0.3, -0.25) is 8.98 Å². The van der Waals surface area contributed by atoms with Gasteiger partial charge in [-0.15, -0.1) is 11.3 Å². The number of halogens is 1. The number of nitrogens with zero attached hydrogens (tertiary/aromatic N) is 2. The van der Waals surface area contributed by atoms with Gasteiger partial charge in [0.25, 0.3) is 0 Å². The second-order valence-electron chi connectivity index (χ2n) is 9.08. The summed E-state index contributed by atoms with van der Waals surface area (Å²) >= 11 is 8.24. The number of fused-ring (bicyclic) bond motifs is 1. The third-order valence-corrected chi connectivity index (χ3v) is 8.56. The molecule has 3 aromatic rings. The van der Waals surface area contributed by atoms with Crippen LogP contribution >= 0.6 is 22.9 Å². The van der Waals surface area contributed by atoms with E-state index in [1.54, 1.807) is 6.07 Å². The lowest BCUT2D eigenvalue weighted by Gasteiger charge is -2.33. The van der Waals surface area contributed by atoms with E-state index >= 15 is 0 Å². The Bertz CT molecular complexity index is 1420. The molecule has 37 heavy (non-hydrogen) atoms. The van der Waals surface area contributed by atoms with Crippen LogP contribution in [0.4, 0.5) is 5.82 Å². The number of ketones is 1. The van der Waals surface area contributed by atoms with Crippen LogP contribution in [0.2, 0.25) is 0 Å². The number of aromatic nitrogens is 2. The van der Waals surface area contributed by atoms with Crippen LogP contribution in [0.5, 0.6) is 0 Å². The number of carbonyl (C=O) groups excluding carboxylic acids is 1. The molecule has 13 heteroatoms. The quantitative estimate of drug-likeness (QED) is 0.276. The summed E-state index contributed by atoms with van der Waals surface area (Å²) in [7, 11) is -4.10. The summed E-state index contributed by atoms with van der Waals surface area (Å²) in [6.45, 7) is 0.244. The molecule has 5 rings (SSSR count). The van der Waals surface area contributed by atoms with Crippen LogP contribution in [0.25, 0.3) is 0 Å². The van der Waals surface area contributed by atoms with Gasteiger partial charge in [-0.2, -0.15) is 8.42 Å². The number of alkyl halides is 1. The van der Waals surface area contributed by atoms with E-state index in [-0.39, 0.29) is 24.0 Å². The molecule has 1 aromatic carbocycles. The first-order valence-corrected chi connectivity index (χ1v) is 14.3. The number of hydrogen-bond donors (Lipinski definition) is 3. The largest absolute Gasteiger partial charge is 0.393 e. The zero-order valence-electron chi connectivity index (χ0n) is 19.5. The summed E-state index contributed by atoms with van der Waals surface area (Å²) in [6.07, 6.45) is 3.47. The summed E-state index contributed by atoms with van der Waals surface area (Å²) in [5, 5.41) is 19.1. The summed E-state index contributed by atoms with van der Waals surface area (Å²) < 4.78 is 32.8. The molecule has 0 bridgehead atoms. The van der Waals surface area contributed by atoms with Gasteiger partial charge in [0.15, 0.2) is 5.06 Å². The highest BCUT2D eigenvalue weighted by atomic mass is 35.5. The average Bonchev–Trinajstić information content (AvgIpc) is 3.50. The second kappa shape index (κ2) is 10.4. The fraction of sp³-hybridized carbons (Fsp3) is 0.375. The topological polar surface area (TPSA) is 154 Å². The van der Waals surface area contributed by atoms with Gasteiger partial charge in [0, 0.05) is 29.3 Å². The third-order valence-electron chi connectivity index (χ3n) is 6.63. The van der Waals surface area contributed by atoms with Crippen LogP contribution in [-0.2, 0) is 30.7 Å².